The van der Waals surface area contributed by atoms with Crippen molar-refractivity contribution in [2.45, 2.75) is 26.2 Å². The van der Waals surface area contributed by atoms with Crippen molar-refractivity contribution in [1.82, 2.24) is 5.32 Å². The molecule has 0 atom stereocenters. The molecule has 1 saturated carbocycles. The number of carboxylic acids is 1. The molecular formula is C15H19NO4. The lowest BCUT2D eigenvalue weighted by Gasteiger charge is -2.11. The third-order valence-electron chi connectivity index (χ3n) is 3.55. The lowest BCUT2D eigenvalue weighted by atomic mass is 10.1. The number of hydrogen-bond donors (Lipinski definition) is 2. The molecule has 1 aromatic rings. The highest BCUT2D eigenvalue weighted by molar-refractivity contribution is 6.04. The van der Waals surface area contributed by atoms with Crippen LogP contribution in [0.1, 0.15) is 24.8 Å². The SMILES string of the molecule is Cc1ccccc1OCCCNC(=O)C1(C(=O)O)CC1. The lowest BCUT2D eigenvalue weighted by Crippen LogP contribution is -2.37. The number of benzene rings is 1. The smallest absolute Gasteiger partial charge is 0.319 e. The van der Waals surface area contributed by atoms with Crippen molar-refractivity contribution in [3.8, 4) is 5.75 Å². The van der Waals surface area contributed by atoms with Gasteiger partial charge in [-0.1, -0.05) is 18.2 Å². The van der Waals surface area contributed by atoms with Crippen LogP contribution in [0.4, 0.5) is 0 Å². The molecule has 108 valence electrons. The van der Waals surface area contributed by atoms with E-state index >= 15 is 0 Å². The molecule has 1 aliphatic rings. The third-order valence-corrected chi connectivity index (χ3v) is 3.55. The molecule has 1 fully saturated rings. The molecular weight excluding hydrogens is 258 g/mol. The Morgan fingerprint density at radius 1 is 1.35 bits per heavy atom. The number of carbonyl (C=O) groups excluding carboxylic acids is 1. The van der Waals surface area contributed by atoms with E-state index in [1.54, 1.807) is 0 Å². The molecule has 5 heteroatoms. The van der Waals surface area contributed by atoms with Crippen molar-refractivity contribution in [2.24, 2.45) is 5.41 Å². The van der Waals surface area contributed by atoms with Crippen LogP contribution in [0.25, 0.3) is 0 Å². The first kappa shape index (κ1) is 14.4. The Morgan fingerprint density at radius 2 is 2.05 bits per heavy atom. The molecule has 0 aliphatic heterocycles. The van der Waals surface area contributed by atoms with E-state index in [0.717, 1.165) is 11.3 Å². The second-order valence-corrected chi connectivity index (χ2v) is 5.11. The molecule has 0 saturated heterocycles. The van der Waals surface area contributed by atoms with Crippen LogP contribution >= 0.6 is 0 Å². The summed E-state index contributed by atoms with van der Waals surface area (Å²) in [5.74, 6) is -0.560. The number of amides is 1. The number of hydrogen-bond acceptors (Lipinski definition) is 3. The summed E-state index contributed by atoms with van der Waals surface area (Å²) in [5.41, 5.74) is -0.0870. The van der Waals surface area contributed by atoms with E-state index in [4.69, 9.17) is 9.84 Å². The molecule has 0 spiro atoms. The topological polar surface area (TPSA) is 75.6 Å². The average molecular weight is 277 g/mol. The van der Waals surface area contributed by atoms with Crippen LogP contribution in [0, 0.1) is 12.3 Å². The van der Waals surface area contributed by atoms with Crippen molar-refractivity contribution in [3.05, 3.63) is 29.8 Å². The van der Waals surface area contributed by atoms with Crippen LogP contribution in [-0.4, -0.2) is 30.1 Å². The normalized spacial score (nSPS) is 15.4. The number of ether oxygens (including phenoxy) is 1. The first-order valence-electron chi connectivity index (χ1n) is 6.76. The molecule has 0 heterocycles. The molecule has 1 aromatic carbocycles. The van der Waals surface area contributed by atoms with Crippen molar-refractivity contribution in [1.29, 1.82) is 0 Å². The van der Waals surface area contributed by atoms with E-state index in [0.29, 0.717) is 32.4 Å². The highest BCUT2D eigenvalue weighted by Gasteiger charge is 2.56. The highest BCUT2D eigenvalue weighted by Crippen LogP contribution is 2.45. The first-order chi connectivity index (χ1) is 9.56. The Bertz CT molecular complexity index is 508. The Labute approximate surface area is 117 Å². The van der Waals surface area contributed by atoms with Crippen molar-refractivity contribution in [3.63, 3.8) is 0 Å². The van der Waals surface area contributed by atoms with Crippen molar-refractivity contribution < 1.29 is 19.4 Å². The number of aryl methyl sites for hydroxylation is 1. The van der Waals surface area contributed by atoms with Crippen molar-refractivity contribution >= 4 is 11.9 Å². The summed E-state index contributed by atoms with van der Waals surface area (Å²) >= 11 is 0. The molecule has 1 amide bonds. The molecule has 0 aromatic heterocycles. The number of rotatable bonds is 7. The van der Waals surface area contributed by atoms with E-state index in [-0.39, 0.29) is 5.91 Å². The zero-order valence-electron chi connectivity index (χ0n) is 11.5. The standard InChI is InChI=1S/C15H19NO4/c1-11-5-2-3-6-12(11)20-10-4-9-16-13(17)15(7-8-15)14(18)19/h2-3,5-6H,4,7-10H2,1H3,(H,16,17)(H,18,19). The van der Waals surface area contributed by atoms with E-state index in [2.05, 4.69) is 5.32 Å². The monoisotopic (exact) mass is 277 g/mol. The van der Waals surface area contributed by atoms with Crippen LogP contribution in [0.15, 0.2) is 24.3 Å². The van der Waals surface area contributed by atoms with E-state index < -0.39 is 11.4 Å². The Kier molecular flexibility index (Phi) is 4.27. The third kappa shape index (κ3) is 3.10. The number of carboxylic acid groups (broad SMARTS) is 1. The van der Waals surface area contributed by atoms with Gasteiger partial charge in [-0.15, -0.1) is 0 Å². The summed E-state index contributed by atoms with van der Waals surface area (Å²) in [4.78, 5) is 22.7. The van der Waals surface area contributed by atoms with Gasteiger partial charge in [-0.2, -0.15) is 0 Å². The van der Waals surface area contributed by atoms with Crippen LogP contribution in [0.5, 0.6) is 5.75 Å². The summed E-state index contributed by atoms with van der Waals surface area (Å²) in [6.07, 6.45) is 1.53. The summed E-state index contributed by atoms with van der Waals surface area (Å²) in [5, 5.41) is 11.6. The van der Waals surface area contributed by atoms with Gasteiger partial charge in [0.15, 0.2) is 0 Å². The Balaban J connectivity index is 1.66. The van der Waals surface area contributed by atoms with Gasteiger partial charge in [-0.25, -0.2) is 0 Å². The zero-order valence-corrected chi connectivity index (χ0v) is 11.5. The summed E-state index contributed by atoms with van der Waals surface area (Å²) in [7, 11) is 0. The van der Waals surface area contributed by atoms with Gasteiger partial charge < -0.3 is 15.2 Å². The molecule has 2 N–H and O–H groups in total. The molecule has 0 bridgehead atoms. The second kappa shape index (κ2) is 5.94. The lowest BCUT2D eigenvalue weighted by molar-refractivity contribution is -0.149. The van der Waals surface area contributed by atoms with Gasteiger partial charge in [0.05, 0.1) is 6.61 Å². The van der Waals surface area contributed by atoms with Gasteiger partial charge in [0.1, 0.15) is 11.2 Å². The summed E-state index contributed by atoms with van der Waals surface area (Å²) < 4.78 is 5.60. The fourth-order valence-electron chi connectivity index (χ4n) is 2.01. The summed E-state index contributed by atoms with van der Waals surface area (Å²) in [6, 6.07) is 7.73. The van der Waals surface area contributed by atoms with Gasteiger partial charge in [0, 0.05) is 6.54 Å². The number of aliphatic carboxylic acids is 1. The van der Waals surface area contributed by atoms with Crippen LogP contribution in [-0.2, 0) is 9.59 Å². The maximum atomic E-state index is 11.7. The van der Waals surface area contributed by atoms with E-state index in [1.807, 2.05) is 31.2 Å². The van der Waals surface area contributed by atoms with E-state index in [1.165, 1.54) is 0 Å². The van der Waals surface area contributed by atoms with Crippen LogP contribution < -0.4 is 10.1 Å². The predicted molar refractivity (Wildman–Crippen MR) is 73.6 cm³/mol. The average Bonchev–Trinajstić information content (AvgIpc) is 3.21. The van der Waals surface area contributed by atoms with Gasteiger partial charge >= 0.3 is 5.97 Å². The minimum Gasteiger partial charge on any atom is -0.493 e. The Morgan fingerprint density at radius 3 is 2.65 bits per heavy atom. The maximum Gasteiger partial charge on any atom is 0.319 e. The van der Waals surface area contributed by atoms with Gasteiger partial charge in [0.2, 0.25) is 5.91 Å². The van der Waals surface area contributed by atoms with Crippen LogP contribution in [0.2, 0.25) is 0 Å². The molecule has 5 nitrogen and oxygen atoms in total. The second-order valence-electron chi connectivity index (χ2n) is 5.11. The molecule has 0 radical (unpaired) electrons. The number of carbonyl (C=O) groups is 2. The van der Waals surface area contributed by atoms with E-state index in [9.17, 15) is 9.59 Å². The Hall–Kier alpha value is -2.04. The number of para-hydroxylation sites is 1. The summed E-state index contributed by atoms with van der Waals surface area (Å²) in [6.45, 7) is 2.89. The fraction of sp³-hybridized carbons (Fsp3) is 0.467. The van der Waals surface area contributed by atoms with Crippen LogP contribution in [0.3, 0.4) is 0 Å². The molecule has 1 aliphatic carbocycles. The van der Waals surface area contributed by atoms with Gasteiger partial charge in [0.25, 0.3) is 0 Å². The predicted octanol–water partition coefficient (Wildman–Crippen LogP) is 1.74. The number of nitrogens with one attached hydrogen (secondary N) is 1. The molecule has 20 heavy (non-hydrogen) atoms. The maximum absolute atomic E-state index is 11.7. The quantitative estimate of drug-likeness (QED) is 0.588. The first-order valence-corrected chi connectivity index (χ1v) is 6.76. The fourth-order valence-corrected chi connectivity index (χ4v) is 2.01. The molecule has 0 unspecified atom stereocenters. The van der Waals surface area contributed by atoms with Gasteiger partial charge in [-0.3, -0.25) is 9.59 Å². The zero-order chi connectivity index (χ0) is 14.6. The largest absolute Gasteiger partial charge is 0.493 e. The van der Waals surface area contributed by atoms with Gasteiger partial charge in [-0.05, 0) is 37.8 Å². The molecule has 2 rings (SSSR count). The minimum atomic E-state index is -1.16. The van der Waals surface area contributed by atoms with Crippen molar-refractivity contribution in [2.75, 3.05) is 13.2 Å². The minimum absolute atomic E-state index is 0.374. The highest BCUT2D eigenvalue weighted by atomic mass is 16.5.